The van der Waals surface area contributed by atoms with E-state index in [4.69, 9.17) is 14.2 Å². The fraction of sp³-hybridized carbons (Fsp3) is 0.370. The molecule has 0 aromatic heterocycles. The Bertz CT molecular complexity index is 1210. The number of benzene rings is 2. The quantitative estimate of drug-likeness (QED) is 0.249. The van der Waals surface area contributed by atoms with Crippen LogP contribution >= 0.6 is 0 Å². The molecule has 2 aromatic rings. The molecule has 0 spiro atoms. The van der Waals surface area contributed by atoms with E-state index in [2.05, 4.69) is 4.90 Å². The molecule has 2 heterocycles. The predicted octanol–water partition coefficient (Wildman–Crippen LogP) is 2.76. The van der Waals surface area contributed by atoms with Gasteiger partial charge in [-0.2, -0.15) is 0 Å². The summed E-state index contributed by atoms with van der Waals surface area (Å²) < 4.78 is 29.4. The SMILES string of the molecule is COC(=O)c1ccc(C2/C(=C(/O)c3ccc(OC)c(F)c3)C(=O)C(=O)N2CCCN2CCOCC2)cc1. The first-order valence-corrected chi connectivity index (χ1v) is 12.0. The Morgan fingerprint density at radius 3 is 2.35 bits per heavy atom. The zero-order valence-corrected chi connectivity index (χ0v) is 20.7. The number of carbonyl (C=O) groups excluding carboxylic acids is 3. The fourth-order valence-corrected chi connectivity index (χ4v) is 4.64. The summed E-state index contributed by atoms with van der Waals surface area (Å²) in [6.07, 6.45) is 0.598. The van der Waals surface area contributed by atoms with Gasteiger partial charge >= 0.3 is 5.97 Å². The van der Waals surface area contributed by atoms with Crippen molar-refractivity contribution < 1.29 is 38.1 Å². The number of carbonyl (C=O) groups is 3. The van der Waals surface area contributed by atoms with Crippen LogP contribution < -0.4 is 4.74 Å². The number of esters is 1. The summed E-state index contributed by atoms with van der Waals surface area (Å²) in [4.78, 5) is 41.9. The van der Waals surface area contributed by atoms with Crippen molar-refractivity contribution in [3.63, 3.8) is 0 Å². The van der Waals surface area contributed by atoms with E-state index >= 15 is 0 Å². The first-order valence-electron chi connectivity index (χ1n) is 12.0. The second-order valence-electron chi connectivity index (χ2n) is 8.76. The van der Waals surface area contributed by atoms with Crippen molar-refractivity contribution in [3.8, 4) is 5.75 Å². The molecule has 2 aliphatic rings. The van der Waals surface area contributed by atoms with Gasteiger partial charge in [0.15, 0.2) is 11.6 Å². The third kappa shape index (κ3) is 5.50. The monoisotopic (exact) mass is 512 g/mol. The Labute approximate surface area is 214 Å². The van der Waals surface area contributed by atoms with Crippen molar-refractivity contribution >= 4 is 23.4 Å². The number of hydrogen-bond donors (Lipinski definition) is 1. The third-order valence-electron chi connectivity index (χ3n) is 6.59. The van der Waals surface area contributed by atoms with Crippen LogP contribution in [-0.4, -0.2) is 86.2 Å². The van der Waals surface area contributed by atoms with Gasteiger partial charge in [0.25, 0.3) is 11.7 Å². The van der Waals surface area contributed by atoms with Crippen LogP contribution in [0.15, 0.2) is 48.0 Å². The largest absolute Gasteiger partial charge is 0.507 e. The van der Waals surface area contributed by atoms with Gasteiger partial charge < -0.3 is 24.2 Å². The lowest BCUT2D eigenvalue weighted by molar-refractivity contribution is -0.140. The second-order valence-corrected chi connectivity index (χ2v) is 8.76. The summed E-state index contributed by atoms with van der Waals surface area (Å²) in [5.74, 6) is -3.36. The lowest BCUT2D eigenvalue weighted by Crippen LogP contribution is -2.39. The zero-order chi connectivity index (χ0) is 26.5. The Morgan fingerprint density at radius 2 is 1.73 bits per heavy atom. The maximum atomic E-state index is 14.4. The number of aliphatic hydroxyl groups is 1. The Morgan fingerprint density at radius 1 is 1.05 bits per heavy atom. The summed E-state index contributed by atoms with van der Waals surface area (Å²) in [6.45, 7) is 3.86. The topological polar surface area (TPSA) is 106 Å². The number of nitrogens with zero attached hydrogens (tertiary/aromatic N) is 2. The lowest BCUT2D eigenvalue weighted by atomic mass is 9.94. The Balaban J connectivity index is 1.70. The molecule has 1 amide bonds. The van der Waals surface area contributed by atoms with Gasteiger partial charge in [-0.15, -0.1) is 0 Å². The molecule has 0 saturated carbocycles. The average Bonchev–Trinajstić information content (AvgIpc) is 3.18. The van der Waals surface area contributed by atoms with Gasteiger partial charge in [0.1, 0.15) is 5.76 Å². The molecule has 0 bridgehead atoms. The molecule has 0 aliphatic carbocycles. The number of hydrogen-bond acceptors (Lipinski definition) is 8. The molecule has 37 heavy (non-hydrogen) atoms. The number of methoxy groups -OCH3 is 2. The first kappa shape index (κ1) is 26.3. The van der Waals surface area contributed by atoms with Gasteiger partial charge in [0.05, 0.1) is 44.6 Å². The molecule has 1 N–H and O–H groups in total. The highest BCUT2D eigenvalue weighted by atomic mass is 19.1. The van der Waals surface area contributed by atoms with E-state index in [-0.39, 0.29) is 23.4 Å². The van der Waals surface area contributed by atoms with E-state index in [1.54, 1.807) is 12.1 Å². The molecule has 9 nitrogen and oxygen atoms in total. The smallest absolute Gasteiger partial charge is 0.337 e. The fourth-order valence-electron chi connectivity index (χ4n) is 4.64. The molecule has 10 heteroatoms. The van der Waals surface area contributed by atoms with Crippen molar-refractivity contribution in [2.24, 2.45) is 0 Å². The van der Waals surface area contributed by atoms with Gasteiger partial charge in [-0.1, -0.05) is 12.1 Å². The zero-order valence-electron chi connectivity index (χ0n) is 20.7. The molecular formula is C27H29FN2O7. The highest BCUT2D eigenvalue weighted by Gasteiger charge is 2.46. The number of rotatable bonds is 8. The number of amides is 1. The summed E-state index contributed by atoms with van der Waals surface area (Å²) in [5, 5.41) is 11.1. The van der Waals surface area contributed by atoms with Crippen LogP contribution in [0.25, 0.3) is 5.76 Å². The summed E-state index contributed by atoms with van der Waals surface area (Å²) in [6, 6.07) is 9.17. The number of halogens is 1. The van der Waals surface area contributed by atoms with E-state index in [0.717, 1.165) is 19.2 Å². The van der Waals surface area contributed by atoms with Gasteiger partial charge in [-0.25, -0.2) is 9.18 Å². The number of ketones is 1. The van der Waals surface area contributed by atoms with E-state index in [1.807, 2.05) is 0 Å². The number of aliphatic hydroxyl groups excluding tert-OH is 1. The van der Waals surface area contributed by atoms with Crippen LogP contribution in [0.5, 0.6) is 5.75 Å². The van der Waals surface area contributed by atoms with Gasteiger partial charge in [-0.3, -0.25) is 14.5 Å². The number of morpholine rings is 1. The van der Waals surface area contributed by atoms with Gasteiger partial charge in [-0.05, 0) is 42.3 Å². The second kappa shape index (κ2) is 11.5. The minimum atomic E-state index is -0.915. The van der Waals surface area contributed by atoms with Crippen LogP contribution in [0.1, 0.15) is 33.9 Å². The van der Waals surface area contributed by atoms with Crippen molar-refractivity contribution in [1.29, 1.82) is 0 Å². The Hall–Kier alpha value is -3.76. The van der Waals surface area contributed by atoms with Crippen molar-refractivity contribution in [2.75, 3.05) is 53.6 Å². The molecule has 1 atom stereocenters. The highest BCUT2D eigenvalue weighted by molar-refractivity contribution is 6.46. The molecular weight excluding hydrogens is 483 g/mol. The molecule has 2 fully saturated rings. The minimum absolute atomic E-state index is 0.0185. The van der Waals surface area contributed by atoms with E-state index in [1.165, 1.54) is 43.4 Å². The lowest BCUT2D eigenvalue weighted by Gasteiger charge is -2.29. The number of likely N-dealkylation sites (tertiary alicyclic amines) is 1. The van der Waals surface area contributed by atoms with Crippen LogP contribution in [0, 0.1) is 5.82 Å². The summed E-state index contributed by atoms with van der Waals surface area (Å²) in [7, 11) is 2.59. The summed E-state index contributed by atoms with van der Waals surface area (Å²) in [5.41, 5.74) is 0.717. The van der Waals surface area contributed by atoms with Crippen LogP contribution in [0.3, 0.4) is 0 Å². The maximum absolute atomic E-state index is 14.4. The van der Waals surface area contributed by atoms with E-state index in [9.17, 15) is 23.9 Å². The van der Waals surface area contributed by atoms with Crippen molar-refractivity contribution in [3.05, 3.63) is 70.5 Å². The van der Waals surface area contributed by atoms with Crippen molar-refractivity contribution in [2.45, 2.75) is 12.5 Å². The minimum Gasteiger partial charge on any atom is -0.507 e. The van der Waals surface area contributed by atoms with Crippen LogP contribution in [-0.2, 0) is 19.1 Å². The normalized spacial score (nSPS) is 19.8. The molecule has 196 valence electrons. The molecule has 4 rings (SSSR count). The van der Waals surface area contributed by atoms with E-state index < -0.39 is 35.3 Å². The molecule has 2 aliphatic heterocycles. The van der Waals surface area contributed by atoms with E-state index in [0.29, 0.717) is 37.3 Å². The maximum Gasteiger partial charge on any atom is 0.337 e. The van der Waals surface area contributed by atoms with Crippen LogP contribution in [0.4, 0.5) is 4.39 Å². The van der Waals surface area contributed by atoms with Crippen molar-refractivity contribution in [1.82, 2.24) is 9.80 Å². The molecule has 2 aromatic carbocycles. The molecule has 1 unspecified atom stereocenters. The average molecular weight is 513 g/mol. The summed E-state index contributed by atoms with van der Waals surface area (Å²) >= 11 is 0. The van der Waals surface area contributed by atoms with Gasteiger partial charge in [0.2, 0.25) is 0 Å². The number of Topliss-reactive ketones (excluding diaryl/α,β-unsaturated/α-hetero) is 1. The first-order chi connectivity index (χ1) is 17.8. The molecule has 0 radical (unpaired) electrons. The van der Waals surface area contributed by atoms with Crippen LogP contribution in [0.2, 0.25) is 0 Å². The number of ether oxygens (including phenoxy) is 3. The standard InChI is InChI=1S/C27H29FN2O7/c1-35-21-9-8-19(16-20(21)28)24(31)22-23(17-4-6-18(7-5-17)27(34)36-2)30(26(33)25(22)32)11-3-10-29-12-14-37-15-13-29/h4-9,16,23,31H,3,10-15H2,1-2H3/b24-22-. The Kier molecular flexibility index (Phi) is 8.20. The highest BCUT2D eigenvalue weighted by Crippen LogP contribution is 2.40. The van der Waals surface area contributed by atoms with Gasteiger partial charge in [0, 0.05) is 31.7 Å². The molecule has 2 saturated heterocycles. The predicted molar refractivity (Wildman–Crippen MR) is 132 cm³/mol. The third-order valence-corrected chi connectivity index (χ3v) is 6.59.